The SMILES string of the molecule is C#CCc1cc(CC(=O)O)c(I(=O)=O)c(CC(=O)O)c1. The number of carboxylic acids is 2. The predicted molar refractivity (Wildman–Crippen MR) is 75.7 cm³/mol. The van der Waals surface area contributed by atoms with E-state index in [1.54, 1.807) is 0 Å². The van der Waals surface area contributed by atoms with Crippen LogP contribution in [0.5, 0.6) is 0 Å². The summed E-state index contributed by atoms with van der Waals surface area (Å²) in [6.45, 7) is 0. The first-order chi connectivity index (χ1) is 9.35. The standard InChI is InChI=1S/C13H11IO6/c1-2-3-8-4-9(6-11(15)16)13(14(19)20)10(5-8)7-12(17)18/h1,4-5H,3,6-7H2,(H,15,16)(H,17,18). The summed E-state index contributed by atoms with van der Waals surface area (Å²) >= 11 is -4.02. The van der Waals surface area contributed by atoms with Gasteiger partial charge in [0.1, 0.15) is 0 Å². The zero-order chi connectivity index (χ0) is 15.3. The molecule has 0 heterocycles. The maximum absolute atomic E-state index is 11.4. The minimum absolute atomic E-state index is 0.0942. The molecule has 1 rings (SSSR count). The Bertz CT molecular complexity index is 621. The molecule has 1 aromatic carbocycles. The molecule has 0 bridgehead atoms. The average Bonchev–Trinajstić information content (AvgIpc) is 2.26. The van der Waals surface area contributed by atoms with Crippen LogP contribution in [0.1, 0.15) is 16.7 Å². The van der Waals surface area contributed by atoms with Crippen molar-refractivity contribution in [2.45, 2.75) is 19.3 Å². The Morgan fingerprint density at radius 3 is 1.85 bits per heavy atom. The van der Waals surface area contributed by atoms with Crippen LogP contribution in [-0.2, 0) is 35.0 Å². The molecule has 1 aromatic rings. The minimum atomic E-state index is -4.02. The molecule has 0 saturated carbocycles. The highest BCUT2D eigenvalue weighted by Gasteiger charge is 2.19. The van der Waals surface area contributed by atoms with Gasteiger partial charge in [0.05, 0.1) is 16.4 Å². The van der Waals surface area contributed by atoms with Crippen molar-refractivity contribution in [1.29, 1.82) is 0 Å². The topological polar surface area (TPSA) is 109 Å². The highest BCUT2D eigenvalue weighted by Crippen LogP contribution is 2.28. The van der Waals surface area contributed by atoms with E-state index in [-0.39, 0.29) is 21.1 Å². The quantitative estimate of drug-likeness (QED) is 0.563. The number of halogens is 1. The fourth-order valence-electron chi connectivity index (χ4n) is 1.82. The first-order valence-electron chi connectivity index (χ1n) is 5.42. The zero-order valence-electron chi connectivity index (χ0n) is 10.3. The molecule has 0 unspecified atom stereocenters. The molecule has 20 heavy (non-hydrogen) atoms. The summed E-state index contributed by atoms with van der Waals surface area (Å²) in [7, 11) is 0. The molecule has 0 aromatic heterocycles. The lowest BCUT2D eigenvalue weighted by Crippen LogP contribution is -2.09. The van der Waals surface area contributed by atoms with E-state index in [1.807, 2.05) is 0 Å². The van der Waals surface area contributed by atoms with Crippen molar-refractivity contribution < 1.29 is 25.9 Å². The lowest BCUT2D eigenvalue weighted by Gasteiger charge is -2.09. The Kier molecular flexibility index (Phi) is 5.64. The largest absolute Gasteiger partial charge is 0.481 e. The van der Waals surface area contributed by atoms with Crippen LogP contribution in [0.3, 0.4) is 0 Å². The third-order valence-electron chi connectivity index (χ3n) is 2.43. The summed E-state index contributed by atoms with van der Waals surface area (Å²) in [5.41, 5.74) is 0.717. The Hall–Kier alpha value is -1.95. The number of rotatable bonds is 6. The minimum Gasteiger partial charge on any atom is -0.481 e. The van der Waals surface area contributed by atoms with Crippen LogP contribution in [0.25, 0.3) is 0 Å². The highest BCUT2D eigenvalue weighted by atomic mass is 127. The highest BCUT2D eigenvalue weighted by molar-refractivity contribution is 14.2. The molecule has 0 aliphatic rings. The summed E-state index contributed by atoms with van der Waals surface area (Å²) in [6, 6.07) is 2.82. The molecule has 0 saturated heterocycles. The average molecular weight is 390 g/mol. The number of hydrogen-bond donors (Lipinski definition) is 2. The van der Waals surface area contributed by atoms with E-state index in [0.717, 1.165) is 0 Å². The maximum Gasteiger partial charge on any atom is 0.341 e. The molecule has 6 nitrogen and oxygen atoms in total. The third kappa shape index (κ3) is 4.31. The van der Waals surface area contributed by atoms with E-state index in [4.69, 9.17) is 16.6 Å². The Labute approximate surface area is 122 Å². The second-order valence-corrected chi connectivity index (χ2v) is 6.29. The molecule has 0 spiro atoms. The molecule has 0 radical (unpaired) electrons. The van der Waals surface area contributed by atoms with Gasteiger partial charge in [-0.2, -0.15) is 0 Å². The van der Waals surface area contributed by atoms with Crippen molar-refractivity contribution in [1.82, 2.24) is 0 Å². The van der Waals surface area contributed by atoms with Crippen LogP contribution in [0.15, 0.2) is 12.1 Å². The number of hydrogen-bond acceptors (Lipinski definition) is 4. The van der Waals surface area contributed by atoms with E-state index in [9.17, 15) is 15.7 Å². The van der Waals surface area contributed by atoms with Crippen molar-refractivity contribution in [2.75, 3.05) is 0 Å². The molecule has 0 aliphatic carbocycles. The number of carbonyl (C=O) groups is 2. The van der Waals surface area contributed by atoms with Crippen LogP contribution in [0, 0.1) is 15.9 Å². The van der Waals surface area contributed by atoms with Crippen LogP contribution in [0.2, 0.25) is 0 Å². The van der Waals surface area contributed by atoms with Gasteiger partial charge in [-0.1, -0.05) is 12.1 Å². The fraction of sp³-hybridized carbons (Fsp3) is 0.231. The van der Waals surface area contributed by atoms with Crippen molar-refractivity contribution >= 4 is 31.7 Å². The van der Waals surface area contributed by atoms with E-state index in [2.05, 4.69) is 5.92 Å². The number of carboxylic acid groups (broad SMARTS) is 2. The van der Waals surface area contributed by atoms with Gasteiger partial charge in [-0.05, 0) is 16.7 Å². The Morgan fingerprint density at radius 2 is 1.55 bits per heavy atom. The van der Waals surface area contributed by atoms with Crippen molar-refractivity contribution in [3.05, 3.63) is 32.4 Å². The van der Waals surface area contributed by atoms with Gasteiger partial charge in [-0.25, -0.2) is 6.14 Å². The van der Waals surface area contributed by atoms with E-state index in [0.29, 0.717) is 5.56 Å². The summed E-state index contributed by atoms with van der Waals surface area (Å²) in [4.78, 5) is 21.6. The molecule has 0 aliphatic heterocycles. The first-order valence-corrected chi connectivity index (χ1v) is 8.26. The van der Waals surface area contributed by atoms with E-state index in [1.165, 1.54) is 12.1 Å². The predicted octanol–water partition coefficient (Wildman–Crippen LogP) is 1.48. The lowest BCUT2D eigenvalue weighted by atomic mass is 10.00. The second kappa shape index (κ2) is 7.00. The molecular weight excluding hydrogens is 379 g/mol. The summed E-state index contributed by atoms with van der Waals surface area (Å²) in [5, 5.41) is 17.6. The number of aliphatic carboxylic acids is 2. The fourth-order valence-corrected chi connectivity index (χ4v) is 3.65. The monoisotopic (exact) mass is 390 g/mol. The molecule has 0 fully saturated rings. The summed E-state index contributed by atoms with van der Waals surface area (Å²) in [6.07, 6.45) is 4.36. The van der Waals surface area contributed by atoms with Crippen molar-refractivity contribution in [3.8, 4) is 12.3 Å². The van der Waals surface area contributed by atoms with Gasteiger partial charge >= 0.3 is 31.7 Å². The van der Waals surface area contributed by atoms with Gasteiger partial charge in [-0.3, -0.25) is 9.59 Å². The van der Waals surface area contributed by atoms with E-state index >= 15 is 0 Å². The lowest BCUT2D eigenvalue weighted by molar-refractivity contribution is -0.137. The number of terminal acetylenes is 1. The Morgan fingerprint density at radius 1 is 1.10 bits per heavy atom. The van der Waals surface area contributed by atoms with Gasteiger partial charge in [0, 0.05) is 6.42 Å². The van der Waals surface area contributed by atoms with Gasteiger partial charge < -0.3 is 10.2 Å². The normalized spacial score (nSPS) is 10.2. The van der Waals surface area contributed by atoms with Gasteiger partial charge in [0.15, 0.2) is 0 Å². The van der Waals surface area contributed by atoms with Crippen LogP contribution in [0.4, 0.5) is 0 Å². The molecule has 0 amide bonds. The molecule has 106 valence electrons. The van der Waals surface area contributed by atoms with Crippen LogP contribution < -0.4 is 0 Å². The molecule has 7 heteroatoms. The zero-order valence-corrected chi connectivity index (χ0v) is 12.4. The van der Waals surface area contributed by atoms with Crippen LogP contribution >= 0.6 is 19.8 Å². The summed E-state index contributed by atoms with van der Waals surface area (Å²) < 4.78 is 22.6. The third-order valence-corrected chi connectivity index (χ3v) is 4.69. The summed E-state index contributed by atoms with van der Waals surface area (Å²) in [5.74, 6) is -0.0277. The van der Waals surface area contributed by atoms with Gasteiger partial charge in [0.25, 0.3) is 0 Å². The first kappa shape index (κ1) is 16.1. The Balaban J connectivity index is 3.52. The maximum atomic E-state index is 11.4. The van der Waals surface area contributed by atoms with Gasteiger partial charge in [-0.15, -0.1) is 12.3 Å². The van der Waals surface area contributed by atoms with Crippen molar-refractivity contribution in [2.24, 2.45) is 0 Å². The van der Waals surface area contributed by atoms with Crippen LogP contribution in [-0.4, -0.2) is 22.2 Å². The smallest absolute Gasteiger partial charge is 0.341 e. The molecule has 2 N–H and O–H groups in total. The second-order valence-electron chi connectivity index (χ2n) is 3.97. The van der Waals surface area contributed by atoms with Gasteiger partial charge in [0.2, 0.25) is 0 Å². The number of benzene rings is 1. The molecule has 0 atom stereocenters. The van der Waals surface area contributed by atoms with Crippen molar-refractivity contribution in [3.63, 3.8) is 0 Å². The molecular formula is C13H11IO6. The van der Waals surface area contributed by atoms with E-state index < -0.39 is 44.6 Å².